The molecule has 152 valence electrons. The van der Waals surface area contributed by atoms with E-state index in [2.05, 4.69) is 4.90 Å². The van der Waals surface area contributed by atoms with Crippen molar-refractivity contribution in [3.05, 3.63) is 52.8 Å². The molecule has 2 aromatic carbocycles. The maximum absolute atomic E-state index is 12.8. The number of nitrogen functional groups attached to an aromatic ring is 1. The quantitative estimate of drug-likeness (QED) is 0.514. The lowest BCUT2D eigenvalue weighted by Gasteiger charge is -2.26. The van der Waals surface area contributed by atoms with E-state index in [0.717, 1.165) is 24.3 Å². The Labute approximate surface area is 170 Å². The van der Waals surface area contributed by atoms with Crippen LogP contribution in [0.5, 0.6) is 5.75 Å². The van der Waals surface area contributed by atoms with E-state index in [0.29, 0.717) is 29.0 Å². The average molecular weight is 393 g/mol. The van der Waals surface area contributed by atoms with Crippen molar-refractivity contribution in [2.75, 3.05) is 32.0 Å². The van der Waals surface area contributed by atoms with Crippen LogP contribution in [0.3, 0.4) is 0 Å². The van der Waals surface area contributed by atoms with E-state index in [-0.39, 0.29) is 5.56 Å². The zero-order valence-corrected chi connectivity index (χ0v) is 16.9. The van der Waals surface area contributed by atoms with E-state index in [9.17, 15) is 4.79 Å². The monoisotopic (exact) mass is 392 g/mol. The molecule has 0 spiro atoms. The van der Waals surface area contributed by atoms with E-state index < -0.39 is 0 Å². The number of rotatable bonds is 6. The van der Waals surface area contributed by atoms with Crippen LogP contribution < -0.4 is 16.0 Å². The minimum absolute atomic E-state index is 0.106. The van der Waals surface area contributed by atoms with Crippen molar-refractivity contribution in [1.82, 2.24) is 14.5 Å². The number of piperidine rings is 1. The molecule has 1 saturated heterocycles. The number of hydrogen-bond donors (Lipinski definition) is 1. The van der Waals surface area contributed by atoms with Crippen molar-refractivity contribution in [3.8, 4) is 17.1 Å². The summed E-state index contributed by atoms with van der Waals surface area (Å²) < 4.78 is 7.54. The molecule has 0 unspecified atom stereocenters. The number of hydrogen-bond acceptors (Lipinski definition) is 5. The second-order valence-electron chi connectivity index (χ2n) is 7.71. The molecule has 0 radical (unpaired) electrons. The molecule has 1 fully saturated rings. The maximum atomic E-state index is 12.8. The van der Waals surface area contributed by atoms with Crippen molar-refractivity contribution < 1.29 is 4.74 Å². The Morgan fingerprint density at radius 3 is 2.76 bits per heavy atom. The Hall–Kier alpha value is -2.86. The van der Waals surface area contributed by atoms with Crippen molar-refractivity contribution in [1.29, 1.82) is 0 Å². The Balaban J connectivity index is 1.49. The van der Waals surface area contributed by atoms with Crippen LogP contribution in [0.2, 0.25) is 0 Å². The normalized spacial score (nSPS) is 14.9. The molecule has 0 saturated carbocycles. The summed E-state index contributed by atoms with van der Waals surface area (Å²) in [6.45, 7) is 4.19. The SMILES string of the molecule is Cn1c(-c2cccc(OCCCN3CCCCC3)c2)nc2ccc(N)cc2c1=O. The van der Waals surface area contributed by atoms with Gasteiger partial charge in [0.15, 0.2) is 0 Å². The van der Waals surface area contributed by atoms with Crippen LogP contribution in [0.1, 0.15) is 25.7 Å². The number of ether oxygens (including phenoxy) is 1. The summed E-state index contributed by atoms with van der Waals surface area (Å²) in [5.74, 6) is 1.42. The van der Waals surface area contributed by atoms with E-state index in [1.807, 2.05) is 24.3 Å². The van der Waals surface area contributed by atoms with Gasteiger partial charge in [-0.2, -0.15) is 0 Å². The molecule has 29 heavy (non-hydrogen) atoms. The zero-order chi connectivity index (χ0) is 20.2. The smallest absolute Gasteiger partial charge is 0.261 e. The largest absolute Gasteiger partial charge is 0.494 e. The summed E-state index contributed by atoms with van der Waals surface area (Å²) in [5, 5.41) is 0.529. The standard InChI is InChI=1S/C23H28N4O2/c1-26-22(25-21-10-9-18(24)16-20(21)23(26)28)17-7-5-8-19(15-17)29-14-6-13-27-11-3-2-4-12-27/h5,7-10,15-16H,2-4,6,11-14,24H2,1H3. The molecular weight excluding hydrogens is 364 g/mol. The summed E-state index contributed by atoms with van der Waals surface area (Å²) in [7, 11) is 1.74. The minimum Gasteiger partial charge on any atom is -0.494 e. The highest BCUT2D eigenvalue weighted by atomic mass is 16.5. The summed E-state index contributed by atoms with van der Waals surface area (Å²) in [4.78, 5) is 20.0. The highest BCUT2D eigenvalue weighted by molar-refractivity contribution is 5.82. The Morgan fingerprint density at radius 2 is 1.93 bits per heavy atom. The molecule has 1 aliphatic heterocycles. The van der Waals surface area contributed by atoms with Gasteiger partial charge in [-0.05, 0) is 62.7 Å². The minimum atomic E-state index is -0.106. The number of nitrogens with zero attached hydrogens (tertiary/aromatic N) is 3. The highest BCUT2D eigenvalue weighted by Crippen LogP contribution is 2.23. The number of aromatic nitrogens is 2. The Morgan fingerprint density at radius 1 is 1.10 bits per heavy atom. The third-order valence-corrected chi connectivity index (χ3v) is 5.53. The summed E-state index contributed by atoms with van der Waals surface area (Å²) in [6, 6.07) is 13.0. The Bertz CT molecular complexity index is 1050. The first kappa shape index (κ1) is 19.5. The van der Waals surface area contributed by atoms with E-state index in [1.165, 1.54) is 32.4 Å². The first-order valence-electron chi connectivity index (χ1n) is 10.3. The van der Waals surface area contributed by atoms with E-state index in [1.54, 1.807) is 29.8 Å². The molecule has 4 rings (SSSR count). The van der Waals surface area contributed by atoms with Gasteiger partial charge in [-0.3, -0.25) is 9.36 Å². The predicted molar refractivity (Wildman–Crippen MR) is 117 cm³/mol. The average Bonchev–Trinajstić information content (AvgIpc) is 2.75. The van der Waals surface area contributed by atoms with Crippen LogP contribution >= 0.6 is 0 Å². The number of fused-ring (bicyclic) bond motifs is 1. The second-order valence-corrected chi connectivity index (χ2v) is 7.71. The molecule has 1 aliphatic rings. The lowest BCUT2D eigenvalue weighted by molar-refractivity contribution is 0.205. The van der Waals surface area contributed by atoms with Crippen LogP contribution in [0.15, 0.2) is 47.3 Å². The first-order chi connectivity index (χ1) is 14.1. The lowest BCUT2D eigenvalue weighted by Crippen LogP contribution is -2.31. The van der Waals surface area contributed by atoms with Gasteiger partial charge in [0, 0.05) is 24.8 Å². The molecule has 2 N–H and O–H groups in total. The first-order valence-corrected chi connectivity index (χ1v) is 10.3. The Kier molecular flexibility index (Phi) is 5.81. The third-order valence-electron chi connectivity index (χ3n) is 5.53. The molecule has 2 heterocycles. The molecule has 3 aromatic rings. The molecule has 6 heteroatoms. The van der Waals surface area contributed by atoms with Crippen molar-refractivity contribution >= 4 is 16.6 Å². The number of benzene rings is 2. The second kappa shape index (κ2) is 8.66. The number of likely N-dealkylation sites (tertiary alicyclic amines) is 1. The molecule has 0 amide bonds. The summed E-state index contributed by atoms with van der Waals surface area (Å²) in [6.07, 6.45) is 5.00. The number of anilines is 1. The van der Waals surface area contributed by atoms with Gasteiger partial charge in [0.1, 0.15) is 11.6 Å². The van der Waals surface area contributed by atoms with Crippen LogP contribution in [0.4, 0.5) is 5.69 Å². The topological polar surface area (TPSA) is 73.4 Å². The lowest BCUT2D eigenvalue weighted by atomic mass is 10.1. The molecular formula is C23H28N4O2. The van der Waals surface area contributed by atoms with Crippen molar-refractivity contribution in [2.45, 2.75) is 25.7 Å². The molecule has 6 nitrogen and oxygen atoms in total. The van der Waals surface area contributed by atoms with Crippen molar-refractivity contribution in [3.63, 3.8) is 0 Å². The fourth-order valence-electron chi connectivity index (χ4n) is 3.93. The zero-order valence-electron chi connectivity index (χ0n) is 16.9. The third kappa shape index (κ3) is 4.43. The predicted octanol–water partition coefficient (Wildman–Crippen LogP) is 3.44. The van der Waals surface area contributed by atoms with Gasteiger partial charge in [-0.15, -0.1) is 0 Å². The fourth-order valence-corrected chi connectivity index (χ4v) is 3.93. The van der Waals surface area contributed by atoms with Gasteiger partial charge in [0.25, 0.3) is 5.56 Å². The molecule has 1 aromatic heterocycles. The molecule has 0 bridgehead atoms. The summed E-state index contributed by atoms with van der Waals surface area (Å²) in [5.41, 5.74) is 7.78. The van der Waals surface area contributed by atoms with E-state index >= 15 is 0 Å². The van der Waals surface area contributed by atoms with Gasteiger partial charge in [-0.1, -0.05) is 18.6 Å². The van der Waals surface area contributed by atoms with E-state index in [4.69, 9.17) is 15.5 Å². The van der Waals surface area contributed by atoms with Crippen LogP contribution in [0, 0.1) is 0 Å². The van der Waals surface area contributed by atoms with Gasteiger partial charge < -0.3 is 15.4 Å². The summed E-state index contributed by atoms with van der Waals surface area (Å²) >= 11 is 0. The molecule has 0 atom stereocenters. The fraction of sp³-hybridized carbons (Fsp3) is 0.391. The van der Waals surface area contributed by atoms with Gasteiger partial charge in [0.2, 0.25) is 0 Å². The number of nitrogens with two attached hydrogens (primary N) is 1. The van der Waals surface area contributed by atoms with Crippen LogP contribution in [0.25, 0.3) is 22.3 Å². The van der Waals surface area contributed by atoms with Crippen molar-refractivity contribution in [2.24, 2.45) is 7.05 Å². The van der Waals surface area contributed by atoms with Crippen LogP contribution in [-0.4, -0.2) is 40.7 Å². The molecule has 0 aliphatic carbocycles. The van der Waals surface area contributed by atoms with Gasteiger partial charge in [-0.25, -0.2) is 4.98 Å². The maximum Gasteiger partial charge on any atom is 0.261 e. The van der Waals surface area contributed by atoms with Gasteiger partial charge >= 0.3 is 0 Å². The highest BCUT2D eigenvalue weighted by Gasteiger charge is 2.12. The van der Waals surface area contributed by atoms with Crippen LogP contribution in [-0.2, 0) is 7.05 Å². The van der Waals surface area contributed by atoms with Gasteiger partial charge in [0.05, 0.1) is 17.5 Å².